The van der Waals surface area contributed by atoms with Crippen molar-refractivity contribution in [2.45, 2.75) is 50.2 Å². The van der Waals surface area contributed by atoms with Gasteiger partial charge in [0.15, 0.2) is 23.3 Å². The molecule has 2 aromatic heterocycles. The van der Waals surface area contributed by atoms with E-state index in [1.165, 1.54) is 10.8 Å². The van der Waals surface area contributed by atoms with Crippen molar-refractivity contribution in [2.75, 3.05) is 5.73 Å². The van der Waals surface area contributed by atoms with Crippen molar-refractivity contribution in [3.05, 3.63) is 24.2 Å². The summed E-state index contributed by atoms with van der Waals surface area (Å²) in [4.78, 5) is 3.92. The van der Waals surface area contributed by atoms with Gasteiger partial charge in [0.05, 0.1) is 0 Å². The Balaban J connectivity index is 1.90. The summed E-state index contributed by atoms with van der Waals surface area (Å²) in [7, 11) is 0. The summed E-state index contributed by atoms with van der Waals surface area (Å²) in [5, 5.41) is 25.0. The molecular weight excluding hydrogens is 314 g/mol. The lowest BCUT2D eigenvalue weighted by atomic mass is 9.96. The normalized spacial score (nSPS) is 37.5. The monoisotopic (exact) mass is 331 g/mol. The molecule has 3 N–H and O–H groups in total. The summed E-state index contributed by atoms with van der Waals surface area (Å²) in [5.41, 5.74) is 5.27. The molecule has 4 heterocycles. The van der Waals surface area contributed by atoms with Crippen LogP contribution in [0.2, 0.25) is 0 Å². The highest BCUT2D eigenvalue weighted by molar-refractivity contribution is 5.65. The zero-order valence-electron chi connectivity index (χ0n) is 13.4. The molecule has 0 saturated carbocycles. The van der Waals surface area contributed by atoms with Gasteiger partial charge in [0.1, 0.15) is 29.7 Å². The van der Waals surface area contributed by atoms with Crippen LogP contribution in [0.5, 0.6) is 0 Å². The molecule has 2 aromatic rings. The Morgan fingerprint density at radius 1 is 1.29 bits per heavy atom. The molecule has 9 nitrogen and oxygen atoms in total. The van der Waals surface area contributed by atoms with E-state index >= 15 is 0 Å². The van der Waals surface area contributed by atoms with E-state index in [0.717, 1.165) is 0 Å². The molecule has 0 bridgehead atoms. The number of hydrogen-bond acceptors (Lipinski definition) is 8. The van der Waals surface area contributed by atoms with Crippen LogP contribution in [0.4, 0.5) is 5.82 Å². The lowest BCUT2D eigenvalue weighted by Gasteiger charge is -2.30. The summed E-state index contributed by atoms with van der Waals surface area (Å²) in [6, 6.07) is 5.36. The molecule has 24 heavy (non-hydrogen) atoms. The van der Waals surface area contributed by atoms with Crippen molar-refractivity contribution < 1.29 is 19.3 Å². The zero-order chi connectivity index (χ0) is 17.3. The summed E-state index contributed by atoms with van der Waals surface area (Å²) < 4.78 is 18.9. The van der Waals surface area contributed by atoms with Gasteiger partial charge >= 0.3 is 0 Å². The fourth-order valence-corrected chi connectivity index (χ4v) is 3.40. The number of nitriles is 1. The van der Waals surface area contributed by atoms with Gasteiger partial charge in [-0.3, -0.25) is 0 Å². The van der Waals surface area contributed by atoms with Crippen LogP contribution >= 0.6 is 0 Å². The van der Waals surface area contributed by atoms with Crippen molar-refractivity contribution in [2.24, 2.45) is 0 Å². The quantitative estimate of drug-likeness (QED) is 0.763. The minimum Gasteiger partial charge on any atom is -0.382 e. The van der Waals surface area contributed by atoms with Crippen LogP contribution in [-0.2, 0) is 20.0 Å². The Hall–Kier alpha value is -2.25. The maximum atomic E-state index is 11.3. The first-order valence-corrected chi connectivity index (χ1v) is 7.48. The number of aromatic nitrogens is 3. The number of aliphatic hydroxyl groups is 1. The fourth-order valence-electron chi connectivity index (χ4n) is 3.40. The molecule has 2 aliphatic rings. The smallest absolute Gasteiger partial charge is 0.241 e. The SMILES string of the molecule is CC1(C)O[C@H]2[C@H](O1)[C@](O)(c1ccc3c(N)ncnn13)O[C@]2(C)C#N. The molecule has 0 aliphatic carbocycles. The molecule has 0 amide bonds. The van der Waals surface area contributed by atoms with E-state index in [4.69, 9.17) is 19.9 Å². The van der Waals surface area contributed by atoms with E-state index in [1.807, 2.05) is 0 Å². The Morgan fingerprint density at radius 2 is 2.00 bits per heavy atom. The maximum absolute atomic E-state index is 11.3. The first-order chi connectivity index (χ1) is 11.2. The number of rotatable bonds is 1. The van der Waals surface area contributed by atoms with Crippen molar-refractivity contribution in [3.63, 3.8) is 0 Å². The van der Waals surface area contributed by atoms with Crippen molar-refractivity contribution in [1.29, 1.82) is 5.26 Å². The Kier molecular flexibility index (Phi) is 2.82. The number of fused-ring (bicyclic) bond motifs is 2. The zero-order valence-corrected chi connectivity index (χ0v) is 13.4. The number of nitrogens with zero attached hydrogens (tertiary/aromatic N) is 4. The minimum atomic E-state index is -1.92. The molecule has 4 rings (SSSR count). The van der Waals surface area contributed by atoms with Crippen LogP contribution in [0.25, 0.3) is 5.52 Å². The van der Waals surface area contributed by atoms with Crippen molar-refractivity contribution in [1.82, 2.24) is 14.6 Å². The second kappa shape index (κ2) is 4.43. The highest BCUT2D eigenvalue weighted by atomic mass is 16.8. The summed E-state index contributed by atoms with van der Waals surface area (Å²) in [6.07, 6.45) is -0.375. The van der Waals surface area contributed by atoms with Crippen LogP contribution in [0.3, 0.4) is 0 Å². The standard InChI is InChI=1S/C15H17N5O4/c1-13(2)22-10-11(23-13)15(21,24-14(10,3)6-16)9-5-4-8-12(17)18-7-19-20(8)9/h4-5,7,10-11,21H,1-3H3,(H2,17,18,19)/t10-,11-,14+,15-/m0/s1. The second-order valence-electron chi connectivity index (χ2n) is 6.65. The average molecular weight is 331 g/mol. The second-order valence-corrected chi connectivity index (χ2v) is 6.65. The third kappa shape index (κ3) is 1.82. The lowest BCUT2D eigenvalue weighted by molar-refractivity contribution is -0.292. The predicted octanol–water partition coefficient (Wildman–Crippen LogP) is 0.289. The molecule has 0 aromatic carbocycles. The van der Waals surface area contributed by atoms with Crippen LogP contribution in [0, 0.1) is 11.3 Å². The Labute approximate surface area is 137 Å². The molecule has 9 heteroatoms. The molecule has 4 atom stereocenters. The highest BCUT2D eigenvalue weighted by Gasteiger charge is 2.69. The van der Waals surface area contributed by atoms with Gasteiger partial charge in [-0.2, -0.15) is 10.4 Å². The topological polar surface area (TPSA) is 128 Å². The number of hydrogen-bond donors (Lipinski definition) is 2. The van der Waals surface area contributed by atoms with Crippen LogP contribution in [0.15, 0.2) is 18.5 Å². The van der Waals surface area contributed by atoms with Gasteiger partial charge in [-0.15, -0.1) is 0 Å². The third-order valence-corrected chi connectivity index (χ3v) is 4.46. The van der Waals surface area contributed by atoms with E-state index in [1.54, 1.807) is 32.9 Å². The van der Waals surface area contributed by atoms with E-state index in [0.29, 0.717) is 11.2 Å². The first kappa shape index (κ1) is 15.3. The fraction of sp³-hybridized carbons (Fsp3) is 0.533. The molecule has 2 aliphatic heterocycles. The molecule has 126 valence electrons. The number of nitrogen functional groups attached to an aromatic ring is 1. The number of ether oxygens (including phenoxy) is 3. The minimum absolute atomic E-state index is 0.265. The van der Waals surface area contributed by atoms with E-state index in [2.05, 4.69) is 16.2 Å². The summed E-state index contributed by atoms with van der Waals surface area (Å²) >= 11 is 0. The molecular formula is C15H17N5O4. The number of nitrogens with two attached hydrogens (primary N) is 1. The Morgan fingerprint density at radius 3 is 2.71 bits per heavy atom. The number of anilines is 1. The maximum Gasteiger partial charge on any atom is 0.241 e. The van der Waals surface area contributed by atoms with Gasteiger partial charge in [0.25, 0.3) is 0 Å². The van der Waals surface area contributed by atoms with Crippen LogP contribution < -0.4 is 5.73 Å². The first-order valence-electron chi connectivity index (χ1n) is 7.48. The van der Waals surface area contributed by atoms with Crippen LogP contribution in [-0.4, -0.2) is 43.3 Å². The van der Waals surface area contributed by atoms with Gasteiger partial charge in [0, 0.05) is 0 Å². The molecule has 2 fully saturated rings. The van der Waals surface area contributed by atoms with E-state index in [-0.39, 0.29) is 5.82 Å². The van der Waals surface area contributed by atoms with Gasteiger partial charge < -0.3 is 25.1 Å². The largest absolute Gasteiger partial charge is 0.382 e. The highest BCUT2D eigenvalue weighted by Crippen LogP contribution is 2.51. The van der Waals surface area contributed by atoms with Crippen LogP contribution in [0.1, 0.15) is 26.5 Å². The predicted molar refractivity (Wildman–Crippen MR) is 80.2 cm³/mol. The lowest BCUT2D eigenvalue weighted by Crippen LogP contribution is -2.41. The van der Waals surface area contributed by atoms with Gasteiger partial charge in [0.2, 0.25) is 5.79 Å². The van der Waals surface area contributed by atoms with Crippen molar-refractivity contribution in [3.8, 4) is 6.07 Å². The molecule has 0 unspecified atom stereocenters. The van der Waals surface area contributed by atoms with E-state index in [9.17, 15) is 10.4 Å². The summed E-state index contributed by atoms with van der Waals surface area (Å²) in [5.74, 6) is -2.61. The van der Waals surface area contributed by atoms with E-state index < -0.39 is 29.4 Å². The Bertz CT molecular complexity index is 874. The van der Waals surface area contributed by atoms with Gasteiger partial charge in [-0.25, -0.2) is 9.50 Å². The average Bonchev–Trinajstić information content (AvgIpc) is 3.14. The molecule has 0 radical (unpaired) electrons. The summed E-state index contributed by atoms with van der Waals surface area (Å²) in [6.45, 7) is 5.01. The van der Waals surface area contributed by atoms with Gasteiger partial charge in [-0.1, -0.05) is 0 Å². The molecule has 0 spiro atoms. The molecule has 2 saturated heterocycles. The third-order valence-electron chi connectivity index (χ3n) is 4.46. The van der Waals surface area contributed by atoms with Crippen molar-refractivity contribution >= 4 is 11.3 Å². The van der Waals surface area contributed by atoms with Gasteiger partial charge in [-0.05, 0) is 32.9 Å².